The summed E-state index contributed by atoms with van der Waals surface area (Å²) < 4.78 is 27.3. The van der Waals surface area contributed by atoms with E-state index in [-0.39, 0.29) is 23.5 Å². The molecule has 26 heavy (non-hydrogen) atoms. The second kappa shape index (κ2) is 8.84. The summed E-state index contributed by atoms with van der Waals surface area (Å²) in [5, 5.41) is 11.8. The van der Waals surface area contributed by atoms with E-state index in [1.54, 1.807) is 49.4 Å². The van der Waals surface area contributed by atoms with Crippen LogP contribution in [0.3, 0.4) is 0 Å². The van der Waals surface area contributed by atoms with Crippen molar-refractivity contribution in [2.45, 2.75) is 17.9 Å². The first kappa shape index (κ1) is 20.0. The molecule has 138 valence electrons. The molecule has 0 aliphatic rings. The maximum absolute atomic E-state index is 12.4. The van der Waals surface area contributed by atoms with Crippen molar-refractivity contribution < 1.29 is 18.3 Å². The van der Waals surface area contributed by atoms with Crippen molar-refractivity contribution in [2.75, 3.05) is 11.3 Å². The SMILES string of the molecule is CC(CO)NC(=O)/C=C/c1ccc(S(=O)(=O)Nc2ccccc2Cl)cc1. The lowest BCUT2D eigenvalue weighted by atomic mass is 10.2. The average Bonchev–Trinajstić information content (AvgIpc) is 2.62. The Morgan fingerprint density at radius 3 is 2.46 bits per heavy atom. The largest absolute Gasteiger partial charge is 0.394 e. The number of aliphatic hydroxyl groups excluding tert-OH is 1. The lowest BCUT2D eigenvalue weighted by Gasteiger charge is -2.09. The van der Waals surface area contributed by atoms with Gasteiger partial charge < -0.3 is 10.4 Å². The molecule has 2 aromatic carbocycles. The van der Waals surface area contributed by atoms with E-state index in [9.17, 15) is 13.2 Å². The molecule has 0 radical (unpaired) electrons. The van der Waals surface area contributed by atoms with Crippen molar-refractivity contribution in [2.24, 2.45) is 0 Å². The van der Waals surface area contributed by atoms with Crippen LogP contribution in [0.15, 0.2) is 59.5 Å². The molecule has 0 saturated heterocycles. The summed E-state index contributed by atoms with van der Waals surface area (Å²) >= 11 is 5.97. The molecular weight excluding hydrogens is 376 g/mol. The van der Waals surface area contributed by atoms with E-state index >= 15 is 0 Å². The van der Waals surface area contributed by atoms with Crippen LogP contribution in [0.1, 0.15) is 12.5 Å². The molecule has 0 aromatic heterocycles. The predicted molar refractivity (Wildman–Crippen MR) is 102 cm³/mol. The number of sulfonamides is 1. The first-order chi connectivity index (χ1) is 12.3. The molecule has 0 fully saturated rings. The van der Waals surface area contributed by atoms with Crippen LogP contribution in [-0.2, 0) is 14.8 Å². The van der Waals surface area contributed by atoms with Crippen LogP contribution in [0.2, 0.25) is 5.02 Å². The minimum atomic E-state index is -3.77. The molecule has 2 rings (SSSR count). The Labute approximate surface area is 157 Å². The van der Waals surface area contributed by atoms with Gasteiger partial charge in [0, 0.05) is 12.1 Å². The van der Waals surface area contributed by atoms with Gasteiger partial charge in [0.1, 0.15) is 0 Å². The second-order valence-electron chi connectivity index (χ2n) is 5.58. The van der Waals surface area contributed by atoms with Crippen molar-refractivity contribution in [3.63, 3.8) is 0 Å². The molecule has 0 aliphatic carbocycles. The Kier molecular flexibility index (Phi) is 6.79. The van der Waals surface area contributed by atoms with Gasteiger partial charge in [-0.25, -0.2) is 8.42 Å². The number of aliphatic hydroxyl groups is 1. The van der Waals surface area contributed by atoms with E-state index in [2.05, 4.69) is 10.0 Å². The smallest absolute Gasteiger partial charge is 0.261 e. The number of carbonyl (C=O) groups excluding carboxylic acids is 1. The first-order valence-electron chi connectivity index (χ1n) is 7.78. The minimum Gasteiger partial charge on any atom is -0.394 e. The summed E-state index contributed by atoms with van der Waals surface area (Å²) in [5.74, 6) is -0.344. The first-order valence-corrected chi connectivity index (χ1v) is 9.65. The number of halogens is 1. The van der Waals surface area contributed by atoms with E-state index in [0.29, 0.717) is 16.3 Å². The van der Waals surface area contributed by atoms with Crippen molar-refractivity contribution in [3.8, 4) is 0 Å². The van der Waals surface area contributed by atoms with Gasteiger partial charge in [-0.1, -0.05) is 35.9 Å². The molecule has 6 nitrogen and oxygen atoms in total. The van der Waals surface area contributed by atoms with Gasteiger partial charge in [-0.2, -0.15) is 0 Å². The van der Waals surface area contributed by atoms with Crippen molar-refractivity contribution in [1.29, 1.82) is 0 Å². The monoisotopic (exact) mass is 394 g/mol. The second-order valence-corrected chi connectivity index (χ2v) is 7.67. The molecule has 0 aliphatic heterocycles. The third-order valence-corrected chi connectivity index (χ3v) is 5.11. The maximum Gasteiger partial charge on any atom is 0.261 e. The Balaban J connectivity index is 2.08. The third-order valence-electron chi connectivity index (χ3n) is 3.40. The maximum atomic E-state index is 12.4. The van der Waals surface area contributed by atoms with Crippen LogP contribution in [0, 0.1) is 0 Å². The number of anilines is 1. The summed E-state index contributed by atoms with van der Waals surface area (Å²) in [6.07, 6.45) is 2.87. The minimum absolute atomic E-state index is 0.0768. The highest BCUT2D eigenvalue weighted by molar-refractivity contribution is 7.92. The van der Waals surface area contributed by atoms with Crippen molar-refractivity contribution in [3.05, 3.63) is 65.2 Å². The zero-order valence-corrected chi connectivity index (χ0v) is 15.6. The van der Waals surface area contributed by atoms with Gasteiger partial charge in [0.25, 0.3) is 10.0 Å². The van der Waals surface area contributed by atoms with E-state index in [4.69, 9.17) is 16.7 Å². The summed E-state index contributed by atoms with van der Waals surface area (Å²) in [5.41, 5.74) is 0.960. The van der Waals surface area contributed by atoms with Crippen LogP contribution in [0.25, 0.3) is 6.08 Å². The van der Waals surface area contributed by atoms with Gasteiger partial charge in [-0.05, 0) is 42.8 Å². The number of hydrogen-bond donors (Lipinski definition) is 3. The molecule has 0 spiro atoms. The number of para-hydroxylation sites is 1. The molecular formula is C18H19ClN2O4S. The third kappa shape index (κ3) is 5.59. The van der Waals surface area contributed by atoms with E-state index < -0.39 is 10.0 Å². The van der Waals surface area contributed by atoms with E-state index in [0.717, 1.165) is 0 Å². The van der Waals surface area contributed by atoms with Crippen molar-refractivity contribution >= 4 is 39.3 Å². The van der Waals surface area contributed by atoms with E-state index in [1.807, 2.05) is 0 Å². The summed E-state index contributed by atoms with van der Waals surface area (Å²) in [7, 11) is -3.77. The predicted octanol–water partition coefficient (Wildman–Crippen LogP) is 2.65. The highest BCUT2D eigenvalue weighted by Gasteiger charge is 2.15. The Hall–Kier alpha value is -2.35. The Morgan fingerprint density at radius 2 is 1.85 bits per heavy atom. The number of hydrogen-bond acceptors (Lipinski definition) is 4. The van der Waals surface area contributed by atoms with Crippen LogP contribution >= 0.6 is 11.6 Å². The van der Waals surface area contributed by atoms with Crippen LogP contribution in [0.4, 0.5) is 5.69 Å². The zero-order valence-electron chi connectivity index (χ0n) is 14.0. The summed E-state index contributed by atoms with van der Waals surface area (Å²) in [6, 6.07) is 12.3. The van der Waals surface area contributed by atoms with Crippen LogP contribution in [-0.4, -0.2) is 32.1 Å². The molecule has 1 amide bonds. The number of nitrogens with one attached hydrogen (secondary N) is 2. The van der Waals surface area contributed by atoms with Gasteiger partial charge in [0.2, 0.25) is 5.91 Å². The summed E-state index contributed by atoms with van der Waals surface area (Å²) in [4.78, 5) is 11.7. The molecule has 8 heteroatoms. The Bertz CT molecular complexity index is 896. The Morgan fingerprint density at radius 1 is 1.19 bits per heavy atom. The van der Waals surface area contributed by atoms with Gasteiger partial charge in [0.05, 0.1) is 22.2 Å². The number of amides is 1. The molecule has 0 heterocycles. The topological polar surface area (TPSA) is 95.5 Å². The molecule has 1 atom stereocenters. The normalized spacial score (nSPS) is 12.7. The van der Waals surface area contributed by atoms with E-state index in [1.165, 1.54) is 18.2 Å². The lowest BCUT2D eigenvalue weighted by molar-refractivity contribution is -0.117. The fraction of sp³-hybridized carbons (Fsp3) is 0.167. The molecule has 1 unspecified atom stereocenters. The zero-order chi connectivity index (χ0) is 19.2. The lowest BCUT2D eigenvalue weighted by Crippen LogP contribution is -2.33. The van der Waals surface area contributed by atoms with Gasteiger partial charge >= 0.3 is 0 Å². The number of carbonyl (C=O) groups is 1. The molecule has 2 aromatic rings. The van der Waals surface area contributed by atoms with Gasteiger partial charge in [-0.3, -0.25) is 9.52 Å². The number of benzene rings is 2. The average molecular weight is 395 g/mol. The van der Waals surface area contributed by atoms with Crippen LogP contribution < -0.4 is 10.0 Å². The quantitative estimate of drug-likeness (QED) is 0.629. The molecule has 0 saturated carbocycles. The van der Waals surface area contributed by atoms with Gasteiger partial charge in [-0.15, -0.1) is 0 Å². The number of rotatable bonds is 7. The highest BCUT2D eigenvalue weighted by atomic mass is 35.5. The molecule has 0 bridgehead atoms. The molecule has 3 N–H and O–H groups in total. The highest BCUT2D eigenvalue weighted by Crippen LogP contribution is 2.24. The van der Waals surface area contributed by atoms with Crippen LogP contribution in [0.5, 0.6) is 0 Å². The standard InChI is InChI=1S/C18H19ClN2O4S/c1-13(12-22)20-18(23)11-8-14-6-9-15(10-7-14)26(24,25)21-17-5-3-2-4-16(17)19/h2-11,13,21-22H,12H2,1H3,(H,20,23)/b11-8+. The fourth-order valence-electron chi connectivity index (χ4n) is 2.01. The summed E-state index contributed by atoms with van der Waals surface area (Å²) in [6.45, 7) is 1.53. The van der Waals surface area contributed by atoms with Crippen molar-refractivity contribution in [1.82, 2.24) is 5.32 Å². The fourth-order valence-corrected chi connectivity index (χ4v) is 3.33. The van der Waals surface area contributed by atoms with Gasteiger partial charge in [0.15, 0.2) is 0 Å².